The van der Waals surface area contributed by atoms with Gasteiger partial charge >= 0.3 is 0 Å². The summed E-state index contributed by atoms with van der Waals surface area (Å²) in [7, 11) is 1.76. The van der Waals surface area contributed by atoms with Crippen LogP contribution in [0.5, 0.6) is 0 Å². The Bertz CT molecular complexity index is 382. The van der Waals surface area contributed by atoms with E-state index in [9.17, 15) is 4.79 Å². The monoisotopic (exact) mass is 288 g/mol. The molecule has 0 unspecified atom stereocenters. The molecule has 7 heteroatoms. The van der Waals surface area contributed by atoms with Crippen LogP contribution in [-0.4, -0.2) is 40.7 Å². The number of thioether (sulfide) groups is 1. The molecule has 1 aromatic heterocycles. The number of aromatic nitrogens is 2. The Kier molecular flexibility index (Phi) is 5.87. The van der Waals surface area contributed by atoms with Crippen molar-refractivity contribution in [1.29, 1.82) is 0 Å². The van der Waals surface area contributed by atoms with Gasteiger partial charge in [0.1, 0.15) is 0 Å². The zero-order chi connectivity index (χ0) is 13.6. The molecule has 0 aliphatic carbocycles. The Morgan fingerprint density at radius 1 is 1.39 bits per heavy atom. The summed E-state index contributed by atoms with van der Waals surface area (Å²) in [5.74, 6) is -0.144. The van der Waals surface area contributed by atoms with Gasteiger partial charge in [0.15, 0.2) is 0 Å². The van der Waals surface area contributed by atoms with Gasteiger partial charge in [-0.05, 0) is 19.1 Å². The lowest BCUT2D eigenvalue weighted by atomic mass is 10.0. The van der Waals surface area contributed by atoms with Crippen molar-refractivity contribution in [2.45, 2.75) is 31.4 Å². The SMILES string of the molecule is CCC(CC)(CNC(=O)c1nnc(NC)s1)SC. The third-order valence-electron chi connectivity index (χ3n) is 3.13. The van der Waals surface area contributed by atoms with Gasteiger partial charge in [-0.2, -0.15) is 11.8 Å². The van der Waals surface area contributed by atoms with Crippen molar-refractivity contribution in [3.63, 3.8) is 0 Å². The minimum Gasteiger partial charge on any atom is -0.363 e. The summed E-state index contributed by atoms with van der Waals surface area (Å²) in [6.07, 6.45) is 4.15. The van der Waals surface area contributed by atoms with Crippen molar-refractivity contribution in [3.8, 4) is 0 Å². The predicted molar refractivity (Wildman–Crippen MR) is 78.6 cm³/mol. The Morgan fingerprint density at radius 3 is 2.50 bits per heavy atom. The molecule has 102 valence electrons. The third-order valence-corrected chi connectivity index (χ3v) is 5.65. The number of amides is 1. The van der Waals surface area contributed by atoms with Gasteiger partial charge in [0.05, 0.1) is 0 Å². The molecule has 0 aromatic carbocycles. The first-order chi connectivity index (χ1) is 8.60. The molecule has 0 spiro atoms. The summed E-state index contributed by atoms with van der Waals surface area (Å²) in [6.45, 7) is 4.96. The average molecular weight is 288 g/mol. The number of rotatable bonds is 7. The molecule has 18 heavy (non-hydrogen) atoms. The normalized spacial score (nSPS) is 11.3. The second-order valence-electron chi connectivity index (χ2n) is 3.94. The molecule has 1 heterocycles. The fourth-order valence-corrected chi connectivity index (χ4v) is 3.00. The van der Waals surface area contributed by atoms with E-state index >= 15 is 0 Å². The van der Waals surface area contributed by atoms with Crippen molar-refractivity contribution in [1.82, 2.24) is 15.5 Å². The molecule has 1 rings (SSSR count). The molecular weight excluding hydrogens is 268 g/mol. The summed E-state index contributed by atoms with van der Waals surface area (Å²) in [5, 5.41) is 14.6. The van der Waals surface area contributed by atoms with Crippen molar-refractivity contribution in [2.24, 2.45) is 0 Å². The van der Waals surface area contributed by atoms with Gasteiger partial charge in [-0.3, -0.25) is 4.79 Å². The Labute approximate surface area is 116 Å². The maximum atomic E-state index is 11.9. The number of hydrogen-bond donors (Lipinski definition) is 2. The number of anilines is 1. The molecule has 0 atom stereocenters. The zero-order valence-electron chi connectivity index (χ0n) is 11.2. The van der Waals surface area contributed by atoms with Crippen molar-refractivity contribution >= 4 is 34.1 Å². The van der Waals surface area contributed by atoms with Crippen molar-refractivity contribution in [3.05, 3.63) is 5.01 Å². The number of nitrogens with one attached hydrogen (secondary N) is 2. The van der Waals surface area contributed by atoms with E-state index in [4.69, 9.17) is 0 Å². The van der Waals surface area contributed by atoms with Crippen LogP contribution < -0.4 is 10.6 Å². The fourth-order valence-electron chi connectivity index (χ4n) is 1.59. The van der Waals surface area contributed by atoms with Crippen molar-refractivity contribution < 1.29 is 4.79 Å². The molecule has 0 saturated carbocycles. The number of hydrogen-bond acceptors (Lipinski definition) is 6. The Hall–Kier alpha value is -0.820. The molecule has 0 aliphatic heterocycles. The van der Waals surface area contributed by atoms with E-state index in [0.717, 1.165) is 12.8 Å². The predicted octanol–water partition coefficient (Wildman–Crippen LogP) is 2.23. The summed E-state index contributed by atoms with van der Waals surface area (Å²) in [6, 6.07) is 0. The molecule has 1 aromatic rings. The van der Waals surface area contributed by atoms with Crippen LogP contribution in [0.4, 0.5) is 5.13 Å². The van der Waals surface area contributed by atoms with Crippen LogP contribution in [0.2, 0.25) is 0 Å². The van der Waals surface area contributed by atoms with Gasteiger partial charge < -0.3 is 10.6 Å². The molecule has 0 radical (unpaired) electrons. The first-order valence-corrected chi connectivity index (χ1v) is 7.99. The van der Waals surface area contributed by atoms with Gasteiger partial charge in [-0.1, -0.05) is 25.2 Å². The molecule has 0 bridgehead atoms. The smallest absolute Gasteiger partial charge is 0.282 e. The molecule has 1 amide bonds. The molecule has 0 fully saturated rings. The molecule has 5 nitrogen and oxygen atoms in total. The average Bonchev–Trinajstić information content (AvgIpc) is 2.89. The standard InChI is InChI=1S/C11H20N4OS2/c1-5-11(6-2,17-4)7-13-8(16)9-14-15-10(12-3)18-9/h5-7H2,1-4H3,(H,12,15)(H,13,16). The fraction of sp³-hybridized carbons (Fsp3) is 0.727. The van der Waals surface area contributed by atoms with E-state index in [2.05, 4.69) is 40.9 Å². The lowest BCUT2D eigenvalue weighted by molar-refractivity contribution is 0.0948. The molecule has 0 saturated heterocycles. The third kappa shape index (κ3) is 3.58. The second kappa shape index (κ2) is 6.94. The minimum absolute atomic E-state index is 0.117. The summed E-state index contributed by atoms with van der Waals surface area (Å²) >= 11 is 3.07. The van der Waals surface area contributed by atoms with E-state index in [1.54, 1.807) is 18.8 Å². The second-order valence-corrected chi connectivity index (χ2v) is 6.19. The van der Waals surface area contributed by atoms with E-state index in [1.165, 1.54) is 11.3 Å². The first-order valence-electron chi connectivity index (χ1n) is 5.95. The van der Waals surface area contributed by atoms with Crippen LogP contribution in [0.1, 0.15) is 36.5 Å². The van der Waals surface area contributed by atoms with Gasteiger partial charge in [0.2, 0.25) is 10.1 Å². The zero-order valence-corrected chi connectivity index (χ0v) is 12.9. The molecular formula is C11H20N4OS2. The maximum absolute atomic E-state index is 11.9. The highest BCUT2D eigenvalue weighted by Gasteiger charge is 2.26. The first kappa shape index (κ1) is 15.2. The lowest BCUT2D eigenvalue weighted by Crippen LogP contribution is -2.39. The topological polar surface area (TPSA) is 66.9 Å². The largest absolute Gasteiger partial charge is 0.363 e. The van der Waals surface area contributed by atoms with Crippen molar-refractivity contribution in [2.75, 3.05) is 25.2 Å². The van der Waals surface area contributed by atoms with Crippen LogP contribution in [0.25, 0.3) is 0 Å². The highest BCUT2D eigenvalue weighted by atomic mass is 32.2. The van der Waals surface area contributed by atoms with Gasteiger partial charge in [0.25, 0.3) is 5.91 Å². The molecule has 2 N–H and O–H groups in total. The van der Waals surface area contributed by atoms with E-state index in [0.29, 0.717) is 16.7 Å². The summed E-state index contributed by atoms with van der Waals surface area (Å²) in [4.78, 5) is 11.9. The van der Waals surface area contributed by atoms with Gasteiger partial charge in [-0.25, -0.2) is 0 Å². The van der Waals surface area contributed by atoms with E-state index < -0.39 is 0 Å². The van der Waals surface area contributed by atoms with E-state index in [-0.39, 0.29) is 10.7 Å². The van der Waals surface area contributed by atoms with Gasteiger partial charge in [-0.15, -0.1) is 10.2 Å². The Balaban J connectivity index is 2.59. The quantitative estimate of drug-likeness (QED) is 0.805. The van der Waals surface area contributed by atoms with Crippen LogP contribution >= 0.6 is 23.1 Å². The Morgan fingerprint density at radius 2 is 2.06 bits per heavy atom. The highest BCUT2D eigenvalue weighted by molar-refractivity contribution is 8.00. The maximum Gasteiger partial charge on any atom is 0.282 e. The van der Waals surface area contributed by atoms with Crippen LogP contribution in [0.15, 0.2) is 0 Å². The summed E-state index contributed by atoms with van der Waals surface area (Å²) in [5.41, 5.74) is 0. The number of carbonyl (C=O) groups is 1. The van der Waals surface area contributed by atoms with Crippen LogP contribution in [0, 0.1) is 0 Å². The van der Waals surface area contributed by atoms with Gasteiger partial charge in [0, 0.05) is 18.3 Å². The molecule has 0 aliphatic rings. The number of carbonyl (C=O) groups excluding carboxylic acids is 1. The van der Waals surface area contributed by atoms with Crippen LogP contribution in [0.3, 0.4) is 0 Å². The number of nitrogens with zero attached hydrogens (tertiary/aromatic N) is 2. The lowest BCUT2D eigenvalue weighted by Gasteiger charge is -2.29. The van der Waals surface area contributed by atoms with E-state index in [1.807, 2.05) is 0 Å². The minimum atomic E-state index is -0.144. The van der Waals surface area contributed by atoms with Crippen LogP contribution in [-0.2, 0) is 0 Å². The highest BCUT2D eigenvalue weighted by Crippen LogP contribution is 2.29. The summed E-state index contributed by atoms with van der Waals surface area (Å²) < 4.78 is 0.117.